The summed E-state index contributed by atoms with van der Waals surface area (Å²) < 4.78 is 0. The SMILES string of the molecule is O[C@H]1CCN(Cc2cccc3cc[nH]c23)C1. The van der Waals surface area contributed by atoms with Crippen molar-refractivity contribution in [2.24, 2.45) is 0 Å². The number of aliphatic hydroxyl groups is 1. The van der Waals surface area contributed by atoms with Gasteiger partial charge in [0, 0.05) is 31.3 Å². The summed E-state index contributed by atoms with van der Waals surface area (Å²) in [5.74, 6) is 0. The second-order valence-corrected chi connectivity index (χ2v) is 4.54. The number of fused-ring (bicyclic) bond motifs is 1. The highest BCUT2D eigenvalue weighted by atomic mass is 16.3. The van der Waals surface area contributed by atoms with Crippen molar-refractivity contribution >= 4 is 10.9 Å². The zero-order valence-electron chi connectivity index (χ0n) is 9.19. The van der Waals surface area contributed by atoms with Crippen LogP contribution in [0.25, 0.3) is 10.9 Å². The normalized spacial score (nSPS) is 21.9. The van der Waals surface area contributed by atoms with Gasteiger partial charge in [-0.1, -0.05) is 18.2 Å². The summed E-state index contributed by atoms with van der Waals surface area (Å²) in [6.45, 7) is 2.73. The Labute approximate surface area is 94.7 Å². The highest BCUT2D eigenvalue weighted by Crippen LogP contribution is 2.20. The van der Waals surface area contributed by atoms with Gasteiger partial charge in [0.2, 0.25) is 0 Å². The quantitative estimate of drug-likeness (QED) is 0.802. The summed E-state index contributed by atoms with van der Waals surface area (Å²) in [7, 11) is 0. The molecule has 16 heavy (non-hydrogen) atoms. The molecule has 0 bridgehead atoms. The van der Waals surface area contributed by atoms with Crippen LogP contribution < -0.4 is 0 Å². The van der Waals surface area contributed by atoms with Crippen LogP contribution in [0, 0.1) is 0 Å². The fraction of sp³-hybridized carbons (Fsp3) is 0.385. The Morgan fingerprint density at radius 3 is 3.12 bits per heavy atom. The third kappa shape index (κ3) is 1.72. The van der Waals surface area contributed by atoms with E-state index in [4.69, 9.17) is 0 Å². The Kier molecular flexibility index (Phi) is 2.42. The number of aromatic nitrogens is 1. The number of benzene rings is 1. The fourth-order valence-corrected chi connectivity index (χ4v) is 2.48. The number of likely N-dealkylation sites (tertiary alicyclic amines) is 1. The van der Waals surface area contributed by atoms with Crippen molar-refractivity contribution in [3.63, 3.8) is 0 Å². The molecule has 2 heterocycles. The number of nitrogens with one attached hydrogen (secondary N) is 1. The Morgan fingerprint density at radius 1 is 1.38 bits per heavy atom. The molecular formula is C13H16N2O. The van der Waals surface area contributed by atoms with Crippen molar-refractivity contribution < 1.29 is 5.11 Å². The van der Waals surface area contributed by atoms with Crippen LogP contribution in [0.3, 0.4) is 0 Å². The van der Waals surface area contributed by atoms with Gasteiger partial charge in [-0.3, -0.25) is 4.90 Å². The van der Waals surface area contributed by atoms with Crippen molar-refractivity contribution in [2.75, 3.05) is 13.1 Å². The number of nitrogens with zero attached hydrogens (tertiary/aromatic N) is 1. The molecule has 1 aliphatic heterocycles. The minimum absolute atomic E-state index is 0.136. The molecular weight excluding hydrogens is 200 g/mol. The maximum atomic E-state index is 9.50. The summed E-state index contributed by atoms with van der Waals surface area (Å²) in [5, 5.41) is 10.8. The van der Waals surface area contributed by atoms with Gasteiger partial charge >= 0.3 is 0 Å². The van der Waals surface area contributed by atoms with Crippen molar-refractivity contribution in [3.8, 4) is 0 Å². The van der Waals surface area contributed by atoms with Crippen LogP contribution in [0.2, 0.25) is 0 Å². The lowest BCUT2D eigenvalue weighted by molar-refractivity contribution is 0.175. The Bertz CT molecular complexity index is 491. The molecule has 2 N–H and O–H groups in total. The predicted molar refractivity (Wildman–Crippen MR) is 64.2 cm³/mol. The van der Waals surface area contributed by atoms with Gasteiger partial charge in [-0.15, -0.1) is 0 Å². The van der Waals surface area contributed by atoms with E-state index in [1.165, 1.54) is 16.5 Å². The van der Waals surface area contributed by atoms with Gasteiger partial charge in [0.1, 0.15) is 0 Å². The van der Waals surface area contributed by atoms with Crippen molar-refractivity contribution in [1.29, 1.82) is 0 Å². The molecule has 1 atom stereocenters. The molecule has 1 saturated heterocycles. The largest absolute Gasteiger partial charge is 0.392 e. The Balaban J connectivity index is 1.86. The first-order chi connectivity index (χ1) is 7.83. The molecule has 2 aromatic rings. The van der Waals surface area contributed by atoms with E-state index in [2.05, 4.69) is 34.1 Å². The minimum atomic E-state index is -0.136. The van der Waals surface area contributed by atoms with Crippen LogP contribution in [-0.4, -0.2) is 34.2 Å². The van der Waals surface area contributed by atoms with E-state index in [0.29, 0.717) is 0 Å². The van der Waals surface area contributed by atoms with E-state index in [0.717, 1.165) is 26.1 Å². The minimum Gasteiger partial charge on any atom is -0.392 e. The lowest BCUT2D eigenvalue weighted by Crippen LogP contribution is -2.21. The first kappa shape index (κ1) is 9.87. The van der Waals surface area contributed by atoms with Crippen LogP contribution in [0.15, 0.2) is 30.5 Å². The number of hydrogen-bond donors (Lipinski definition) is 2. The van der Waals surface area contributed by atoms with Gasteiger partial charge in [-0.2, -0.15) is 0 Å². The molecule has 3 rings (SSSR count). The number of aliphatic hydroxyl groups excluding tert-OH is 1. The van der Waals surface area contributed by atoms with Gasteiger partial charge in [0.15, 0.2) is 0 Å². The molecule has 1 fully saturated rings. The van der Waals surface area contributed by atoms with Crippen LogP contribution >= 0.6 is 0 Å². The summed E-state index contributed by atoms with van der Waals surface area (Å²) in [4.78, 5) is 5.59. The summed E-state index contributed by atoms with van der Waals surface area (Å²) in [6, 6.07) is 8.47. The molecule has 0 amide bonds. The topological polar surface area (TPSA) is 39.3 Å². The van der Waals surface area contributed by atoms with Gasteiger partial charge < -0.3 is 10.1 Å². The maximum Gasteiger partial charge on any atom is 0.0679 e. The van der Waals surface area contributed by atoms with Gasteiger partial charge in [0.25, 0.3) is 0 Å². The highest BCUT2D eigenvalue weighted by Gasteiger charge is 2.20. The smallest absolute Gasteiger partial charge is 0.0679 e. The molecule has 0 spiro atoms. The molecule has 84 valence electrons. The van der Waals surface area contributed by atoms with Crippen LogP contribution in [0.4, 0.5) is 0 Å². The third-order valence-electron chi connectivity index (χ3n) is 3.31. The standard InChI is InChI=1S/C13H16N2O/c16-12-5-7-15(9-12)8-11-3-1-2-10-4-6-14-13(10)11/h1-4,6,12,14,16H,5,7-9H2/t12-/m0/s1. The lowest BCUT2D eigenvalue weighted by atomic mass is 10.1. The summed E-state index contributed by atoms with van der Waals surface area (Å²) in [6.07, 6.45) is 2.75. The number of H-pyrrole nitrogens is 1. The van der Waals surface area contributed by atoms with Crippen molar-refractivity contribution in [1.82, 2.24) is 9.88 Å². The van der Waals surface area contributed by atoms with E-state index in [9.17, 15) is 5.11 Å². The number of para-hydroxylation sites is 1. The van der Waals surface area contributed by atoms with Gasteiger partial charge in [-0.25, -0.2) is 0 Å². The highest BCUT2D eigenvalue weighted by molar-refractivity contribution is 5.82. The average molecular weight is 216 g/mol. The first-order valence-electron chi connectivity index (χ1n) is 5.78. The molecule has 3 nitrogen and oxygen atoms in total. The van der Waals surface area contributed by atoms with Gasteiger partial charge in [-0.05, 0) is 23.4 Å². The number of rotatable bonds is 2. The van der Waals surface area contributed by atoms with Crippen LogP contribution in [-0.2, 0) is 6.54 Å². The second kappa shape index (κ2) is 3.92. The van der Waals surface area contributed by atoms with E-state index in [1.807, 2.05) is 6.20 Å². The van der Waals surface area contributed by atoms with Crippen LogP contribution in [0.5, 0.6) is 0 Å². The zero-order chi connectivity index (χ0) is 11.0. The number of hydrogen-bond acceptors (Lipinski definition) is 2. The summed E-state index contributed by atoms with van der Waals surface area (Å²) >= 11 is 0. The van der Waals surface area contributed by atoms with E-state index in [-0.39, 0.29) is 6.10 Å². The van der Waals surface area contributed by atoms with Crippen molar-refractivity contribution in [3.05, 3.63) is 36.0 Å². The molecule has 1 aliphatic rings. The van der Waals surface area contributed by atoms with E-state index in [1.54, 1.807) is 0 Å². The fourth-order valence-electron chi connectivity index (χ4n) is 2.48. The summed E-state index contributed by atoms with van der Waals surface area (Å²) in [5.41, 5.74) is 2.54. The molecule has 0 radical (unpaired) electrons. The zero-order valence-corrected chi connectivity index (χ0v) is 9.19. The van der Waals surface area contributed by atoms with E-state index < -0.39 is 0 Å². The number of β-amino-alcohol motifs (C(OH)–C–C–N with tert-alkyl or cyclic N) is 1. The molecule has 1 aromatic heterocycles. The third-order valence-corrected chi connectivity index (χ3v) is 3.31. The average Bonchev–Trinajstić information content (AvgIpc) is 2.87. The monoisotopic (exact) mass is 216 g/mol. The lowest BCUT2D eigenvalue weighted by Gasteiger charge is -2.15. The first-order valence-corrected chi connectivity index (χ1v) is 5.78. The molecule has 1 aromatic carbocycles. The molecule has 3 heteroatoms. The molecule has 0 aliphatic carbocycles. The van der Waals surface area contributed by atoms with E-state index >= 15 is 0 Å². The number of aromatic amines is 1. The second-order valence-electron chi connectivity index (χ2n) is 4.54. The molecule has 0 unspecified atom stereocenters. The molecule has 0 saturated carbocycles. The Morgan fingerprint density at radius 2 is 2.31 bits per heavy atom. The predicted octanol–water partition coefficient (Wildman–Crippen LogP) is 1.73. The van der Waals surface area contributed by atoms with Gasteiger partial charge in [0.05, 0.1) is 6.10 Å². The van der Waals surface area contributed by atoms with Crippen LogP contribution in [0.1, 0.15) is 12.0 Å². The Hall–Kier alpha value is -1.32. The van der Waals surface area contributed by atoms with Crippen molar-refractivity contribution in [2.45, 2.75) is 19.1 Å². The maximum absolute atomic E-state index is 9.50.